The van der Waals surface area contributed by atoms with E-state index in [1.165, 1.54) is 0 Å². The van der Waals surface area contributed by atoms with E-state index in [1.807, 2.05) is 60.8 Å². The van der Waals surface area contributed by atoms with Crippen LogP contribution < -0.4 is 10.1 Å². The van der Waals surface area contributed by atoms with Crippen LogP contribution in [0.15, 0.2) is 48.0 Å². The van der Waals surface area contributed by atoms with E-state index >= 15 is 0 Å². The Morgan fingerprint density at radius 3 is 2.76 bits per heavy atom. The molecule has 1 aromatic carbocycles. The molecule has 1 aromatic heterocycles. The molecule has 25 heavy (non-hydrogen) atoms. The fourth-order valence-corrected chi connectivity index (χ4v) is 2.13. The predicted octanol–water partition coefficient (Wildman–Crippen LogP) is 1.77. The Kier molecular flexibility index (Phi) is 7.00. The van der Waals surface area contributed by atoms with Crippen LogP contribution in [0.4, 0.5) is 0 Å². The van der Waals surface area contributed by atoms with Crippen molar-refractivity contribution >= 4 is 5.96 Å². The molecular formula is C18H26N6O. The Balaban J connectivity index is 1.93. The Labute approximate surface area is 149 Å². The van der Waals surface area contributed by atoms with E-state index in [-0.39, 0.29) is 0 Å². The van der Waals surface area contributed by atoms with Crippen molar-refractivity contribution in [1.82, 2.24) is 25.0 Å². The van der Waals surface area contributed by atoms with E-state index in [0.717, 1.165) is 23.4 Å². The van der Waals surface area contributed by atoms with Gasteiger partial charge in [-0.05, 0) is 19.1 Å². The first-order chi connectivity index (χ1) is 12.1. The third-order valence-corrected chi connectivity index (χ3v) is 3.76. The molecule has 7 heteroatoms. The van der Waals surface area contributed by atoms with E-state index in [1.54, 1.807) is 6.08 Å². The summed E-state index contributed by atoms with van der Waals surface area (Å²) in [5.41, 5.74) is 0. The summed E-state index contributed by atoms with van der Waals surface area (Å²) in [5, 5.41) is 11.5. The fraction of sp³-hybridized carbons (Fsp3) is 0.389. The van der Waals surface area contributed by atoms with Gasteiger partial charge in [0.05, 0.1) is 6.54 Å². The van der Waals surface area contributed by atoms with Crippen LogP contribution in [-0.2, 0) is 13.6 Å². The van der Waals surface area contributed by atoms with Crippen molar-refractivity contribution in [1.29, 1.82) is 0 Å². The Morgan fingerprint density at radius 2 is 2.12 bits per heavy atom. The number of ether oxygens (including phenoxy) is 1. The van der Waals surface area contributed by atoms with E-state index in [9.17, 15) is 0 Å². The first-order valence-electron chi connectivity index (χ1n) is 8.25. The van der Waals surface area contributed by atoms with E-state index in [4.69, 9.17) is 4.74 Å². The number of rotatable bonds is 8. The lowest BCUT2D eigenvalue weighted by atomic mass is 10.3. The highest BCUT2D eigenvalue weighted by atomic mass is 16.5. The minimum absolute atomic E-state index is 0.459. The fourth-order valence-electron chi connectivity index (χ4n) is 2.13. The summed E-state index contributed by atoms with van der Waals surface area (Å²) in [7, 11) is 3.92. The number of para-hydroxylation sites is 1. The first-order valence-corrected chi connectivity index (χ1v) is 8.25. The largest absolute Gasteiger partial charge is 0.492 e. The van der Waals surface area contributed by atoms with Crippen LogP contribution in [0.1, 0.15) is 11.6 Å². The number of nitrogens with one attached hydrogen (secondary N) is 1. The lowest BCUT2D eigenvalue weighted by Crippen LogP contribution is -2.41. The van der Waals surface area contributed by atoms with Crippen LogP contribution in [0, 0.1) is 6.92 Å². The quantitative estimate of drug-likeness (QED) is 0.450. The zero-order chi connectivity index (χ0) is 18.1. The molecule has 0 spiro atoms. The minimum Gasteiger partial charge on any atom is -0.492 e. The predicted molar refractivity (Wildman–Crippen MR) is 99.6 cm³/mol. The molecule has 0 aliphatic carbocycles. The van der Waals surface area contributed by atoms with Crippen molar-refractivity contribution in [2.45, 2.75) is 13.5 Å². The highest BCUT2D eigenvalue weighted by Crippen LogP contribution is 2.08. The molecule has 0 unspecified atom stereocenters. The van der Waals surface area contributed by atoms with Gasteiger partial charge in [0.2, 0.25) is 0 Å². The van der Waals surface area contributed by atoms with Crippen LogP contribution in [-0.4, -0.2) is 52.4 Å². The standard InChI is InChI=1S/C18H26N6O/c1-5-11-19-18(20-14-17-22-21-15(2)24(17)4)23(3)12-13-25-16-9-7-6-8-10-16/h5-10H,1,11-14H2,2-4H3,(H,19,20). The second-order valence-corrected chi connectivity index (χ2v) is 5.61. The smallest absolute Gasteiger partial charge is 0.194 e. The van der Waals surface area contributed by atoms with Crippen molar-refractivity contribution in [3.05, 3.63) is 54.6 Å². The highest BCUT2D eigenvalue weighted by molar-refractivity contribution is 5.79. The molecule has 0 atom stereocenters. The summed E-state index contributed by atoms with van der Waals surface area (Å²) >= 11 is 0. The molecule has 7 nitrogen and oxygen atoms in total. The van der Waals surface area contributed by atoms with E-state index in [2.05, 4.69) is 27.1 Å². The van der Waals surface area contributed by atoms with Gasteiger partial charge in [-0.3, -0.25) is 0 Å². The van der Waals surface area contributed by atoms with Crippen LogP contribution in [0.25, 0.3) is 0 Å². The molecule has 2 rings (SSSR count). The Bertz CT molecular complexity index is 695. The van der Waals surface area contributed by atoms with E-state index in [0.29, 0.717) is 26.2 Å². The highest BCUT2D eigenvalue weighted by Gasteiger charge is 2.08. The molecule has 134 valence electrons. The summed E-state index contributed by atoms with van der Waals surface area (Å²) in [6, 6.07) is 9.78. The summed E-state index contributed by atoms with van der Waals surface area (Å²) < 4.78 is 7.68. The van der Waals surface area contributed by atoms with Gasteiger partial charge in [-0.2, -0.15) is 0 Å². The molecule has 0 aliphatic rings. The number of hydrogen-bond donors (Lipinski definition) is 1. The van der Waals surface area contributed by atoms with Crippen LogP contribution in [0.5, 0.6) is 5.75 Å². The van der Waals surface area contributed by atoms with Gasteiger partial charge in [-0.15, -0.1) is 16.8 Å². The number of guanidine groups is 1. The number of nitrogens with zero attached hydrogens (tertiary/aromatic N) is 5. The van der Waals surface area contributed by atoms with E-state index < -0.39 is 0 Å². The molecule has 1 heterocycles. The van der Waals surface area contributed by atoms with Gasteiger partial charge in [-0.25, -0.2) is 4.99 Å². The SMILES string of the molecule is C=CCNC(=NCc1nnc(C)n1C)N(C)CCOc1ccccc1. The molecule has 0 radical (unpaired) electrons. The third kappa shape index (κ3) is 5.63. The summed E-state index contributed by atoms with van der Waals surface area (Å²) in [4.78, 5) is 6.66. The van der Waals surface area contributed by atoms with Crippen LogP contribution in [0.3, 0.4) is 0 Å². The Hall–Kier alpha value is -2.83. The first kappa shape index (κ1) is 18.5. The van der Waals surface area contributed by atoms with Crippen LogP contribution in [0.2, 0.25) is 0 Å². The number of aryl methyl sites for hydroxylation is 1. The van der Waals surface area contributed by atoms with Gasteiger partial charge < -0.3 is 19.5 Å². The second kappa shape index (κ2) is 9.46. The summed E-state index contributed by atoms with van der Waals surface area (Å²) in [6.45, 7) is 8.03. The molecule has 2 aromatic rings. The van der Waals surface area contributed by atoms with Gasteiger partial charge >= 0.3 is 0 Å². The maximum absolute atomic E-state index is 5.75. The molecule has 0 fully saturated rings. The van der Waals surface area contributed by atoms with Gasteiger partial charge in [-0.1, -0.05) is 24.3 Å². The van der Waals surface area contributed by atoms with Crippen LogP contribution >= 0.6 is 0 Å². The zero-order valence-electron chi connectivity index (χ0n) is 15.1. The molecule has 1 N–H and O–H groups in total. The number of hydrogen-bond acceptors (Lipinski definition) is 4. The van der Waals surface area contributed by atoms with Gasteiger partial charge in [0, 0.05) is 20.6 Å². The van der Waals surface area contributed by atoms with Crippen molar-refractivity contribution in [3.63, 3.8) is 0 Å². The molecule has 0 amide bonds. The number of benzene rings is 1. The molecule has 0 aliphatic heterocycles. The van der Waals surface area contributed by atoms with Crippen molar-refractivity contribution < 1.29 is 4.74 Å². The van der Waals surface area contributed by atoms with Gasteiger partial charge in [0.1, 0.15) is 24.7 Å². The van der Waals surface area contributed by atoms with Gasteiger partial charge in [0.15, 0.2) is 11.8 Å². The minimum atomic E-state index is 0.459. The molecule has 0 saturated heterocycles. The average molecular weight is 342 g/mol. The number of likely N-dealkylation sites (N-methyl/N-ethyl adjacent to an activating group) is 1. The monoisotopic (exact) mass is 342 g/mol. The number of aliphatic imine (C=N–C) groups is 1. The normalized spacial score (nSPS) is 11.2. The zero-order valence-corrected chi connectivity index (χ0v) is 15.1. The maximum Gasteiger partial charge on any atom is 0.194 e. The maximum atomic E-state index is 5.75. The lowest BCUT2D eigenvalue weighted by Gasteiger charge is -2.22. The molecule has 0 saturated carbocycles. The van der Waals surface area contributed by atoms with Crippen molar-refractivity contribution in [3.8, 4) is 5.75 Å². The molecule has 0 bridgehead atoms. The molecular weight excluding hydrogens is 316 g/mol. The third-order valence-electron chi connectivity index (χ3n) is 3.76. The van der Waals surface area contributed by atoms with Crippen molar-refractivity contribution in [2.24, 2.45) is 12.0 Å². The summed E-state index contributed by atoms with van der Waals surface area (Å²) in [5.74, 6) is 3.33. The second-order valence-electron chi connectivity index (χ2n) is 5.61. The lowest BCUT2D eigenvalue weighted by molar-refractivity contribution is 0.281. The van der Waals surface area contributed by atoms with Gasteiger partial charge in [0.25, 0.3) is 0 Å². The van der Waals surface area contributed by atoms with Crippen molar-refractivity contribution in [2.75, 3.05) is 26.7 Å². The number of aromatic nitrogens is 3. The Morgan fingerprint density at radius 1 is 1.36 bits per heavy atom. The average Bonchev–Trinajstić information content (AvgIpc) is 2.94. The summed E-state index contributed by atoms with van der Waals surface area (Å²) in [6.07, 6.45) is 1.80. The topological polar surface area (TPSA) is 67.6 Å².